The van der Waals surface area contributed by atoms with Crippen molar-refractivity contribution in [2.24, 2.45) is 0 Å². The molecule has 0 saturated heterocycles. The average molecular weight is 411 g/mol. The molecule has 8 heteroatoms. The van der Waals surface area contributed by atoms with E-state index in [9.17, 15) is 14.9 Å². The molecule has 2 aliphatic rings. The molecule has 1 fully saturated rings. The minimum absolute atomic E-state index is 0.105. The van der Waals surface area contributed by atoms with E-state index in [2.05, 4.69) is 10.2 Å². The van der Waals surface area contributed by atoms with E-state index in [0.29, 0.717) is 24.1 Å². The Morgan fingerprint density at radius 2 is 2.00 bits per heavy atom. The summed E-state index contributed by atoms with van der Waals surface area (Å²) in [5.41, 5.74) is 1.15. The van der Waals surface area contributed by atoms with Crippen LogP contribution in [0.3, 0.4) is 0 Å². The summed E-state index contributed by atoms with van der Waals surface area (Å²) in [7, 11) is 1.58. The number of nitro benzene ring substituents is 1. The number of methoxy groups -OCH3 is 1. The van der Waals surface area contributed by atoms with Crippen molar-refractivity contribution in [1.29, 1.82) is 0 Å². The first-order valence-electron chi connectivity index (χ1n) is 9.96. The van der Waals surface area contributed by atoms with Crippen LogP contribution in [0.5, 0.6) is 11.5 Å². The van der Waals surface area contributed by atoms with Crippen molar-refractivity contribution in [3.05, 3.63) is 52.1 Å². The van der Waals surface area contributed by atoms with Crippen LogP contribution in [0.4, 0.5) is 17.1 Å². The van der Waals surface area contributed by atoms with E-state index in [-0.39, 0.29) is 23.7 Å². The largest absolute Gasteiger partial charge is 0.497 e. The molecular weight excluding hydrogens is 386 g/mol. The first kappa shape index (κ1) is 20.0. The van der Waals surface area contributed by atoms with Crippen LogP contribution in [0.2, 0.25) is 0 Å². The number of nitrogens with zero attached hydrogens (tertiary/aromatic N) is 2. The lowest BCUT2D eigenvalue weighted by molar-refractivity contribution is -0.384. The normalized spacial score (nSPS) is 17.0. The van der Waals surface area contributed by atoms with Crippen LogP contribution in [0.15, 0.2) is 36.4 Å². The lowest BCUT2D eigenvalue weighted by atomic mass is 10.0. The number of rotatable bonds is 6. The number of amides is 1. The van der Waals surface area contributed by atoms with Crippen LogP contribution in [-0.2, 0) is 11.2 Å². The number of hydrogen-bond acceptors (Lipinski definition) is 6. The van der Waals surface area contributed by atoms with Crippen molar-refractivity contribution in [1.82, 2.24) is 0 Å². The number of anilines is 2. The molecule has 1 aliphatic heterocycles. The zero-order valence-electron chi connectivity index (χ0n) is 17.3. The molecule has 4 rings (SSSR count). The summed E-state index contributed by atoms with van der Waals surface area (Å²) in [6, 6.07) is 10.7. The molecule has 2 aromatic carbocycles. The van der Waals surface area contributed by atoms with Crippen molar-refractivity contribution in [2.75, 3.05) is 23.9 Å². The molecule has 0 aromatic heterocycles. The predicted octanol–water partition coefficient (Wildman–Crippen LogP) is 3.92. The molecule has 1 saturated carbocycles. The summed E-state index contributed by atoms with van der Waals surface area (Å²) in [5.74, 6) is 0.865. The Balaban J connectivity index is 1.61. The molecule has 158 valence electrons. The van der Waals surface area contributed by atoms with Crippen LogP contribution >= 0.6 is 0 Å². The minimum Gasteiger partial charge on any atom is -0.497 e. The van der Waals surface area contributed by atoms with Crippen molar-refractivity contribution in [3.8, 4) is 11.5 Å². The number of carbonyl (C=O) groups is 1. The highest BCUT2D eigenvalue weighted by atomic mass is 16.6. The molecule has 0 spiro atoms. The highest BCUT2D eigenvalue weighted by Gasteiger charge is 2.40. The Bertz CT molecular complexity index is 983. The van der Waals surface area contributed by atoms with Crippen LogP contribution in [0, 0.1) is 10.1 Å². The average Bonchev–Trinajstić information content (AvgIpc) is 3.52. The van der Waals surface area contributed by atoms with Gasteiger partial charge in [-0.1, -0.05) is 12.1 Å². The zero-order chi connectivity index (χ0) is 21.5. The molecule has 0 radical (unpaired) electrons. The van der Waals surface area contributed by atoms with Gasteiger partial charge < -0.3 is 19.7 Å². The smallest absolute Gasteiger partial charge is 0.296 e. The second kappa shape index (κ2) is 7.51. The maximum absolute atomic E-state index is 12.6. The van der Waals surface area contributed by atoms with E-state index < -0.39 is 10.5 Å². The molecule has 0 bridgehead atoms. The summed E-state index contributed by atoms with van der Waals surface area (Å²) >= 11 is 0. The molecule has 8 nitrogen and oxygen atoms in total. The number of nitrogens with one attached hydrogen (secondary N) is 1. The van der Waals surface area contributed by atoms with Crippen LogP contribution < -0.4 is 19.7 Å². The Hall–Kier alpha value is -3.29. The number of benzene rings is 2. The first-order valence-corrected chi connectivity index (χ1v) is 9.96. The van der Waals surface area contributed by atoms with Gasteiger partial charge in [0.25, 0.3) is 5.69 Å². The monoisotopic (exact) mass is 411 g/mol. The molecule has 1 amide bonds. The number of nitro groups is 1. The number of ether oxygens (including phenoxy) is 2. The molecule has 30 heavy (non-hydrogen) atoms. The second-order valence-electron chi connectivity index (χ2n) is 8.39. The topological polar surface area (TPSA) is 93.9 Å². The Morgan fingerprint density at radius 3 is 2.60 bits per heavy atom. The third kappa shape index (κ3) is 4.17. The molecule has 1 aliphatic carbocycles. The molecule has 1 heterocycles. The van der Waals surface area contributed by atoms with Gasteiger partial charge in [-0.25, -0.2) is 0 Å². The minimum atomic E-state index is -0.490. The fourth-order valence-electron chi connectivity index (χ4n) is 3.78. The van der Waals surface area contributed by atoms with E-state index >= 15 is 0 Å². The Labute approximate surface area is 174 Å². The van der Waals surface area contributed by atoms with E-state index in [0.717, 1.165) is 24.1 Å². The van der Waals surface area contributed by atoms with E-state index in [1.54, 1.807) is 37.4 Å². The maximum Gasteiger partial charge on any atom is 0.296 e. The van der Waals surface area contributed by atoms with Crippen molar-refractivity contribution in [3.63, 3.8) is 0 Å². The molecular formula is C22H25N3O5. The van der Waals surface area contributed by atoms with Crippen LogP contribution in [0.25, 0.3) is 0 Å². The van der Waals surface area contributed by atoms with E-state index in [1.807, 2.05) is 13.8 Å². The van der Waals surface area contributed by atoms with Gasteiger partial charge in [0.05, 0.1) is 36.8 Å². The van der Waals surface area contributed by atoms with Gasteiger partial charge in [0.1, 0.15) is 17.0 Å². The molecule has 2 aromatic rings. The van der Waals surface area contributed by atoms with E-state index in [1.165, 1.54) is 6.07 Å². The fourth-order valence-corrected chi connectivity index (χ4v) is 3.78. The standard InChI is InChI=1S/C22H25N3O5/c1-22(2)13-24(15-6-7-15)19-11-17(18(25(27)28)12-20(19)30-22)23-21(26)10-14-4-8-16(29-3)9-5-14/h4-5,8-9,11-12,15H,6-7,10,13H2,1-3H3,(H,23,26). The lowest BCUT2D eigenvalue weighted by Gasteiger charge is -2.41. The third-order valence-electron chi connectivity index (χ3n) is 5.31. The van der Waals surface area contributed by atoms with Gasteiger partial charge in [-0.3, -0.25) is 14.9 Å². The Kier molecular flexibility index (Phi) is 5.01. The van der Waals surface area contributed by atoms with Crippen LogP contribution in [0.1, 0.15) is 32.3 Å². The Morgan fingerprint density at radius 1 is 1.30 bits per heavy atom. The van der Waals surface area contributed by atoms with Gasteiger partial charge >= 0.3 is 0 Å². The van der Waals surface area contributed by atoms with E-state index in [4.69, 9.17) is 9.47 Å². The van der Waals surface area contributed by atoms with Gasteiger partial charge in [0.2, 0.25) is 5.91 Å². The third-order valence-corrected chi connectivity index (χ3v) is 5.31. The number of carbonyl (C=O) groups excluding carboxylic acids is 1. The number of hydrogen-bond donors (Lipinski definition) is 1. The summed E-state index contributed by atoms with van der Waals surface area (Å²) in [6.07, 6.45) is 2.28. The van der Waals surface area contributed by atoms with Crippen molar-refractivity contribution in [2.45, 2.75) is 44.8 Å². The summed E-state index contributed by atoms with van der Waals surface area (Å²) in [4.78, 5) is 26.0. The van der Waals surface area contributed by atoms with Crippen molar-refractivity contribution < 1.29 is 19.2 Å². The first-order chi connectivity index (χ1) is 14.3. The zero-order valence-corrected chi connectivity index (χ0v) is 17.3. The van der Waals surface area contributed by atoms with Gasteiger partial charge in [-0.2, -0.15) is 0 Å². The van der Waals surface area contributed by atoms with Gasteiger partial charge in [0, 0.05) is 6.04 Å². The van der Waals surface area contributed by atoms with Gasteiger partial charge in [0.15, 0.2) is 5.75 Å². The number of fused-ring (bicyclic) bond motifs is 1. The lowest BCUT2D eigenvalue weighted by Crippen LogP contribution is -2.47. The maximum atomic E-state index is 12.6. The molecule has 0 unspecified atom stereocenters. The van der Waals surface area contributed by atoms with Crippen LogP contribution in [-0.4, -0.2) is 36.1 Å². The summed E-state index contributed by atoms with van der Waals surface area (Å²) in [5, 5.41) is 14.4. The highest BCUT2D eigenvalue weighted by Crippen LogP contribution is 2.46. The van der Waals surface area contributed by atoms with Gasteiger partial charge in [-0.05, 0) is 50.5 Å². The predicted molar refractivity (Wildman–Crippen MR) is 113 cm³/mol. The second-order valence-corrected chi connectivity index (χ2v) is 8.39. The highest BCUT2D eigenvalue weighted by molar-refractivity contribution is 5.96. The molecule has 0 atom stereocenters. The SMILES string of the molecule is COc1ccc(CC(=O)Nc2cc3c(cc2[N+](=O)[O-])OC(C)(C)CN3C2CC2)cc1. The van der Waals surface area contributed by atoms with Gasteiger partial charge in [-0.15, -0.1) is 0 Å². The fraction of sp³-hybridized carbons (Fsp3) is 0.409. The van der Waals surface area contributed by atoms with Crippen molar-refractivity contribution >= 4 is 23.0 Å². The summed E-state index contributed by atoms with van der Waals surface area (Å²) in [6.45, 7) is 4.64. The molecule has 1 N–H and O–H groups in total. The quantitative estimate of drug-likeness (QED) is 0.572. The summed E-state index contributed by atoms with van der Waals surface area (Å²) < 4.78 is 11.1.